The average molecular weight is 1510 g/mol. The van der Waals surface area contributed by atoms with Gasteiger partial charge in [0.05, 0.1) is 63.4 Å². The van der Waals surface area contributed by atoms with Crippen molar-refractivity contribution in [3.63, 3.8) is 0 Å². The van der Waals surface area contributed by atoms with E-state index >= 15 is 0 Å². The van der Waals surface area contributed by atoms with Gasteiger partial charge in [-0.25, -0.2) is 26.8 Å². The minimum absolute atomic E-state index is 0.0496. The molecule has 6 aromatic rings. The predicted octanol–water partition coefficient (Wildman–Crippen LogP) is 8.90. The van der Waals surface area contributed by atoms with Crippen molar-refractivity contribution in [1.29, 1.82) is 0 Å². The topological polar surface area (TPSA) is 331 Å². The van der Waals surface area contributed by atoms with Crippen molar-refractivity contribution in [3.8, 4) is 34.8 Å². The van der Waals surface area contributed by atoms with Crippen LogP contribution in [0.3, 0.4) is 0 Å². The number of pyridine rings is 2. The Morgan fingerprint density at radius 1 is 0.548 bits per heavy atom. The molecule has 2 saturated heterocycles. The summed E-state index contributed by atoms with van der Waals surface area (Å²) < 4.78 is 90.9. The minimum atomic E-state index is -3.90. The zero-order valence-corrected chi connectivity index (χ0v) is 62.7. The van der Waals surface area contributed by atoms with Gasteiger partial charge < -0.3 is 39.1 Å². The van der Waals surface area contributed by atoms with Crippen LogP contribution in [0.5, 0.6) is 34.8 Å². The molecule has 4 aliphatic carbocycles. The Balaban J connectivity index is 0.000000208. The molecule has 104 heavy (non-hydrogen) atoms. The van der Waals surface area contributed by atoms with E-state index in [9.17, 15) is 45.6 Å². The predicted molar refractivity (Wildman–Crippen MR) is 394 cm³/mol. The van der Waals surface area contributed by atoms with Crippen LogP contribution in [0.25, 0.3) is 21.5 Å². The maximum atomic E-state index is 14.3. The summed E-state index contributed by atoms with van der Waals surface area (Å²) >= 11 is 12.7. The van der Waals surface area contributed by atoms with Crippen molar-refractivity contribution in [2.24, 2.45) is 22.7 Å². The van der Waals surface area contributed by atoms with Gasteiger partial charge in [-0.1, -0.05) is 89.0 Å². The Kier molecular flexibility index (Phi) is 22.0. The molecule has 6 aliphatic rings. The number of hydrogen-bond acceptors (Lipinski definition) is 22. The number of anilines is 2. The molecule has 30 heteroatoms. The molecule has 4 heterocycles. The zero-order chi connectivity index (χ0) is 75.2. The Morgan fingerprint density at radius 3 is 1.24 bits per heavy atom. The summed E-state index contributed by atoms with van der Waals surface area (Å²) in [5.74, 6) is -2.15. The highest BCUT2D eigenvalue weighted by atomic mass is 35.5. The van der Waals surface area contributed by atoms with Crippen LogP contribution < -0.4 is 59.1 Å². The van der Waals surface area contributed by atoms with E-state index in [1.165, 1.54) is 26.6 Å². The number of methoxy groups -OCH3 is 4. The van der Waals surface area contributed by atoms with Gasteiger partial charge in [-0.2, -0.15) is 0 Å². The van der Waals surface area contributed by atoms with Crippen LogP contribution in [0.1, 0.15) is 92.9 Å². The Bertz CT molecular complexity index is 4320. The standard InChI is InChI=1S/2C37H44ClN5O8S/c2*1-7-21-18-37(21,35(46)42-52(47,48)26-12-13-26)43-20-25(51-34-28-15-22(38)11-14-27(28)30(50-6)19-39-34)17-29(43)32(44)41-33(45)31(36(2,3)4)40-23-9-8-10-24(16-23)49-5/h2*7-11,14-16,19,21,25-26,29,31,40H,1,12-13,17-18,20H2,2-6H3,(H,42,46)(H,41,44,45)/t21-,25?,29+,31+,37-;21-,25-,29+,31-,37-/m11/s1. The highest BCUT2D eigenvalue weighted by molar-refractivity contribution is 7.91. The van der Waals surface area contributed by atoms with Gasteiger partial charge in [0.1, 0.15) is 58.4 Å². The number of aromatic nitrogens is 2. The molecular weight excluding hydrogens is 1420 g/mol. The first kappa shape index (κ1) is 76.3. The van der Waals surface area contributed by atoms with Crippen LogP contribution in [0, 0.1) is 22.7 Å². The molecule has 4 saturated carbocycles. The van der Waals surface area contributed by atoms with E-state index < -0.39 is 136 Å². The number of benzene rings is 4. The summed E-state index contributed by atoms with van der Waals surface area (Å²) in [5.41, 5.74) is -2.85. The molecule has 0 radical (unpaired) electrons. The van der Waals surface area contributed by atoms with Gasteiger partial charge in [-0.15, -0.1) is 13.2 Å². The normalized spacial score (nSPS) is 23.7. The van der Waals surface area contributed by atoms with Gasteiger partial charge in [0, 0.05) is 92.9 Å². The molecule has 556 valence electrons. The first-order valence-corrected chi connectivity index (χ1v) is 38.1. The smallest absolute Gasteiger partial charge is 0.254 e. The summed E-state index contributed by atoms with van der Waals surface area (Å²) in [6.07, 6.45) is 7.30. The van der Waals surface area contributed by atoms with Crippen molar-refractivity contribution < 1.29 is 74.0 Å². The lowest BCUT2D eigenvalue weighted by Crippen LogP contribution is -2.59. The van der Waals surface area contributed by atoms with Gasteiger partial charge in [0.25, 0.3) is 11.8 Å². The fraction of sp³-hybridized carbons (Fsp3) is 0.459. The lowest BCUT2D eigenvalue weighted by Gasteiger charge is -2.34. The van der Waals surface area contributed by atoms with Gasteiger partial charge in [-0.05, 0) is 110 Å². The number of carbonyl (C=O) groups excluding carboxylic acids is 6. The number of halogens is 2. The number of imide groups is 2. The van der Waals surface area contributed by atoms with Gasteiger partial charge in [0.15, 0.2) is 0 Å². The van der Waals surface area contributed by atoms with Crippen LogP contribution in [0.4, 0.5) is 11.4 Å². The van der Waals surface area contributed by atoms with E-state index in [1.54, 1.807) is 121 Å². The first-order valence-electron chi connectivity index (χ1n) is 34.2. The number of ether oxygens (including phenoxy) is 6. The van der Waals surface area contributed by atoms with Crippen LogP contribution in [0.15, 0.2) is 123 Å². The lowest BCUT2D eigenvalue weighted by atomic mass is 9.85. The number of likely N-dealkylation sites (tertiary alicyclic amines) is 2. The van der Waals surface area contributed by atoms with Crippen molar-refractivity contribution >= 4 is 112 Å². The number of amides is 6. The lowest BCUT2D eigenvalue weighted by molar-refractivity contribution is -0.138. The summed E-state index contributed by atoms with van der Waals surface area (Å²) in [4.78, 5) is 96.7. The number of carbonyl (C=O) groups is 6. The zero-order valence-electron chi connectivity index (χ0n) is 59.5. The van der Waals surface area contributed by atoms with Crippen molar-refractivity contribution in [2.75, 3.05) is 52.2 Å². The van der Waals surface area contributed by atoms with E-state index in [1.807, 2.05) is 41.5 Å². The molecule has 4 aromatic carbocycles. The number of hydrogen-bond donors (Lipinski definition) is 6. The monoisotopic (exact) mass is 1510 g/mol. The highest BCUT2D eigenvalue weighted by Crippen LogP contribution is 2.55. The maximum Gasteiger partial charge on any atom is 0.254 e. The van der Waals surface area contributed by atoms with Crippen LogP contribution in [-0.4, -0.2) is 172 Å². The summed E-state index contributed by atoms with van der Waals surface area (Å²) in [6, 6.07) is 20.8. The number of sulfonamides is 2. The fourth-order valence-electron chi connectivity index (χ4n) is 13.9. The quantitative estimate of drug-likeness (QED) is 0.0276. The first-order chi connectivity index (χ1) is 49.2. The Hall–Kier alpha value is -8.80. The van der Waals surface area contributed by atoms with Crippen molar-refractivity contribution in [3.05, 3.63) is 133 Å². The average Bonchev–Trinajstić information content (AvgIpc) is 1.55. The second-order valence-electron chi connectivity index (χ2n) is 29.3. The highest BCUT2D eigenvalue weighted by Gasteiger charge is 2.69. The van der Waals surface area contributed by atoms with Crippen LogP contribution in [0.2, 0.25) is 10.0 Å². The van der Waals surface area contributed by atoms with E-state index in [2.05, 4.69) is 53.8 Å². The molecule has 26 nitrogen and oxygen atoms in total. The number of nitrogens with one attached hydrogen (secondary N) is 6. The van der Waals surface area contributed by atoms with Gasteiger partial charge in [0.2, 0.25) is 55.4 Å². The molecule has 0 spiro atoms. The molecule has 0 bridgehead atoms. The molecule has 6 amide bonds. The number of fused-ring (bicyclic) bond motifs is 2. The Morgan fingerprint density at radius 2 is 0.923 bits per heavy atom. The molecule has 2 aliphatic heterocycles. The van der Waals surface area contributed by atoms with E-state index in [4.69, 9.17) is 51.6 Å². The molecular formula is C74H88Cl2N10O16S2. The number of rotatable bonds is 26. The molecule has 12 rings (SSSR count). The van der Waals surface area contributed by atoms with Gasteiger partial charge >= 0.3 is 0 Å². The van der Waals surface area contributed by atoms with E-state index in [-0.39, 0.29) is 50.5 Å². The summed E-state index contributed by atoms with van der Waals surface area (Å²) in [7, 11) is -1.66. The number of nitrogens with zero attached hydrogens (tertiary/aromatic N) is 4. The largest absolute Gasteiger partial charge is 0.497 e. The molecule has 10 atom stereocenters. The maximum absolute atomic E-state index is 14.3. The summed E-state index contributed by atoms with van der Waals surface area (Å²) in [6.45, 7) is 19.1. The minimum Gasteiger partial charge on any atom is -0.497 e. The Labute approximate surface area is 615 Å². The SMILES string of the molecule is C=C[C@@H]1C[C@@]1(C(=O)NS(=O)(=O)C1CC1)N1CC(Oc2ncc(OC)c3ccc(Cl)cc23)C[C@H]1C(=O)NC(=O)[C@H](Nc1cccc(OC)c1)C(C)(C)C.C=C[C@@H]1C[C@@]1(C(=O)NS(=O)(=O)C1CC1)N1C[C@H](Oc2ncc(OC)c3ccc(Cl)cc23)C[C@H]1C(=O)NC(=O)[C@@H](Nc1cccc(OC)c1)C(C)(C)C. The third-order valence-electron chi connectivity index (χ3n) is 19.9. The second kappa shape index (κ2) is 30.0. The third-order valence-corrected chi connectivity index (χ3v) is 24.0. The van der Waals surface area contributed by atoms with E-state index in [0.29, 0.717) is 91.6 Å². The molecule has 6 N–H and O–H groups in total. The molecule has 6 fully saturated rings. The van der Waals surface area contributed by atoms with Crippen molar-refractivity contribution in [1.82, 2.24) is 39.8 Å². The fourth-order valence-corrected chi connectivity index (χ4v) is 16.9. The molecule has 1 unspecified atom stereocenters. The van der Waals surface area contributed by atoms with Gasteiger partial charge in [-0.3, -0.25) is 58.6 Å². The van der Waals surface area contributed by atoms with Crippen LogP contribution >= 0.6 is 23.2 Å². The molecule has 2 aromatic heterocycles. The summed E-state index contributed by atoms with van der Waals surface area (Å²) in [5, 5.41) is 13.9. The van der Waals surface area contributed by atoms with Crippen LogP contribution in [-0.2, 0) is 48.8 Å². The third kappa shape index (κ3) is 16.2. The van der Waals surface area contributed by atoms with Crippen molar-refractivity contribution in [2.45, 2.75) is 151 Å². The second-order valence-corrected chi connectivity index (χ2v) is 34.1. The van der Waals surface area contributed by atoms with E-state index in [0.717, 1.165) is 0 Å².